The molecule has 4 aromatic rings. The highest BCUT2D eigenvalue weighted by Crippen LogP contribution is 2.31. The number of hydrogen-bond acceptors (Lipinski definition) is 4. The molecule has 4 rings (SSSR count). The summed E-state index contributed by atoms with van der Waals surface area (Å²) in [5.74, 6) is 1.65. The zero-order chi connectivity index (χ0) is 15.4. The summed E-state index contributed by atoms with van der Waals surface area (Å²) in [5.41, 5.74) is 6.79. The largest absolute Gasteiger partial charge is 0.361 e. The predicted molar refractivity (Wildman–Crippen MR) is 84.9 cm³/mol. The van der Waals surface area contributed by atoms with Crippen LogP contribution in [0.2, 0.25) is 0 Å². The van der Waals surface area contributed by atoms with Crippen LogP contribution in [-0.4, -0.2) is 19.5 Å². The molecule has 5 nitrogen and oxygen atoms in total. The Morgan fingerprint density at radius 3 is 2.36 bits per heavy atom. The molecular formula is C17H16N4O. The molecular weight excluding hydrogens is 276 g/mol. The topological polar surface area (TPSA) is 56.2 Å². The lowest BCUT2D eigenvalue weighted by molar-refractivity contribution is 0.393. The molecule has 0 aliphatic carbocycles. The number of fused-ring (bicyclic) bond motifs is 3. The van der Waals surface area contributed by atoms with Crippen molar-refractivity contribution in [3.8, 4) is 11.4 Å². The summed E-state index contributed by atoms with van der Waals surface area (Å²) in [6.45, 7) is 7.90. The second-order valence-corrected chi connectivity index (χ2v) is 5.59. The SMILES string of the molecule is Cc1noc(C)c1-c1nc(C)c2c(C)nc3ccccc3n12. The van der Waals surface area contributed by atoms with Gasteiger partial charge in [0.1, 0.15) is 5.76 Å². The first-order valence-corrected chi connectivity index (χ1v) is 7.25. The zero-order valence-corrected chi connectivity index (χ0v) is 13.0. The van der Waals surface area contributed by atoms with Crippen molar-refractivity contribution in [1.29, 1.82) is 0 Å². The Bertz CT molecular complexity index is 1010. The van der Waals surface area contributed by atoms with E-state index in [4.69, 9.17) is 14.5 Å². The van der Waals surface area contributed by atoms with Gasteiger partial charge in [-0.2, -0.15) is 0 Å². The fourth-order valence-corrected chi connectivity index (χ4v) is 3.14. The Morgan fingerprint density at radius 1 is 0.909 bits per heavy atom. The number of aryl methyl sites for hydroxylation is 4. The first-order chi connectivity index (χ1) is 10.6. The summed E-state index contributed by atoms with van der Waals surface area (Å²) in [7, 11) is 0. The van der Waals surface area contributed by atoms with Gasteiger partial charge >= 0.3 is 0 Å². The second kappa shape index (κ2) is 4.40. The monoisotopic (exact) mass is 292 g/mol. The van der Waals surface area contributed by atoms with Gasteiger partial charge in [-0.05, 0) is 39.8 Å². The third-order valence-electron chi connectivity index (χ3n) is 4.06. The maximum absolute atomic E-state index is 5.33. The van der Waals surface area contributed by atoms with E-state index >= 15 is 0 Å². The molecule has 0 N–H and O–H groups in total. The van der Waals surface area contributed by atoms with Crippen molar-refractivity contribution in [1.82, 2.24) is 19.5 Å². The molecule has 0 aliphatic heterocycles. The molecule has 22 heavy (non-hydrogen) atoms. The van der Waals surface area contributed by atoms with E-state index in [2.05, 4.69) is 15.6 Å². The van der Waals surface area contributed by atoms with Crippen molar-refractivity contribution < 1.29 is 4.52 Å². The Balaban J connectivity index is 2.26. The van der Waals surface area contributed by atoms with Crippen LogP contribution in [0.1, 0.15) is 22.8 Å². The molecule has 0 aliphatic rings. The molecule has 110 valence electrons. The predicted octanol–water partition coefficient (Wildman–Crippen LogP) is 3.77. The van der Waals surface area contributed by atoms with Crippen LogP contribution in [0.15, 0.2) is 28.8 Å². The summed E-state index contributed by atoms with van der Waals surface area (Å²) in [4.78, 5) is 9.49. The van der Waals surface area contributed by atoms with E-state index in [0.717, 1.165) is 50.8 Å². The van der Waals surface area contributed by atoms with E-state index in [9.17, 15) is 0 Å². The van der Waals surface area contributed by atoms with Gasteiger partial charge in [0, 0.05) is 0 Å². The Hall–Kier alpha value is -2.69. The third-order valence-corrected chi connectivity index (χ3v) is 4.06. The number of hydrogen-bond donors (Lipinski definition) is 0. The number of imidazole rings is 1. The average Bonchev–Trinajstić information content (AvgIpc) is 3.00. The molecule has 3 aromatic heterocycles. The summed E-state index contributed by atoms with van der Waals surface area (Å²) < 4.78 is 7.50. The number of aromatic nitrogens is 4. The molecule has 1 aromatic carbocycles. The highest BCUT2D eigenvalue weighted by atomic mass is 16.5. The summed E-state index contributed by atoms with van der Waals surface area (Å²) >= 11 is 0. The molecule has 0 bridgehead atoms. The maximum atomic E-state index is 5.33. The van der Waals surface area contributed by atoms with Crippen molar-refractivity contribution >= 4 is 16.6 Å². The molecule has 0 saturated carbocycles. The molecule has 0 fully saturated rings. The van der Waals surface area contributed by atoms with Crippen LogP contribution in [-0.2, 0) is 0 Å². The van der Waals surface area contributed by atoms with Gasteiger partial charge in [-0.3, -0.25) is 4.40 Å². The highest BCUT2D eigenvalue weighted by Gasteiger charge is 2.21. The number of benzene rings is 1. The highest BCUT2D eigenvalue weighted by molar-refractivity contribution is 5.84. The second-order valence-electron chi connectivity index (χ2n) is 5.59. The van der Waals surface area contributed by atoms with Gasteiger partial charge in [-0.1, -0.05) is 17.3 Å². The molecule has 3 heterocycles. The van der Waals surface area contributed by atoms with Crippen molar-refractivity contribution in [2.24, 2.45) is 0 Å². The van der Waals surface area contributed by atoms with Gasteiger partial charge in [0.2, 0.25) is 0 Å². The van der Waals surface area contributed by atoms with Crippen molar-refractivity contribution in [2.45, 2.75) is 27.7 Å². The van der Waals surface area contributed by atoms with Gasteiger partial charge in [0.05, 0.1) is 39.2 Å². The van der Waals surface area contributed by atoms with Gasteiger partial charge in [-0.25, -0.2) is 9.97 Å². The molecule has 0 unspecified atom stereocenters. The molecule has 0 radical (unpaired) electrons. The van der Waals surface area contributed by atoms with Crippen LogP contribution in [0.3, 0.4) is 0 Å². The third kappa shape index (κ3) is 1.62. The lowest BCUT2D eigenvalue weighted by Crippen LogP contribution is -1.98. The first kappa shape index (κ1) is 13.0. The number of para-hydroxylation sites is 2. The van der Waals surface area contributed by atoms with Crippen LogP contribution in [0.25, 0.3) is 27.9 Å². The van der Waals surface area contributed by atoms with Gasteiger partial charge in [0.15, 0.2) is 5.82 Å². The van der Waals surface area contributed by atoms with Crippen LogP contribution in [0.5, 0.6) is 0 Å². The van der Waals surface area contributed by atoms with Crippen LogP contribution < -0.4 is 0 Å². The van der Waals surface area contributed by atoms with Crippen LogP contribution in [0.4, 0.5) is 0 Å². The summed E-state index contributed by atoms with van der Waals surface area (Å²) in [6.07, 6.45) is 0. The Labute approximate surface area is 127 Å². The molecule has 0 atom stereocenters. The van der Waals surface area contributed by atoms with Crippen molar-refractivity contribution in [3.05, 3.63) is 47.1 Å². The van der Waals surface area contributed by atoms with E-state index in [1.165, 1.54) is 0 Å². The lowest BCUT2D eigenvalue weighted by Gasteiger charge is -2.07. The van der Waals surface area contributed by atoms with E-state index in [1.807, 2.05) is 45.9 Å². The van der Waals surface area contributed by atoms with E-state index in [0.29, 0.717) is 0 Å². The fraction of sp³-hybridized carbons (Fsp3) is 0.235. The minimum absolute atomic E-state index is 0.781. The minimum atomic E-state index is 0.781. The molecule has 0 saturated heterocycles. The van der Waals surface area contributed by atoms with Crippen molar-refractivity contribution in [2.75, 3.05) is 0 Å². The van der Waals surface area contributed by atoms with Gasteiger partial charge in [0.25, 0.3) is 0 Å². The molecule has 5 heteroatoms. The molecule has 0 amide bonds. The smallest absolute Gasteiger partial charge is 0.150 e. The Morgan fingerprint density at radius 2 is 1.64 bits per heavy atom. The van der Waals surface area contributed by atoms with E-state index in [1.54, 1.807) is 0 Å². The quantitative estimate of drug-likeness (QED) is 0.536. The summed E-state index contributed by atoms with van der Waals surface area (Å²) in [5, 5.41) is 4.07. The van der Waals surface area contributed by atoms with Crippen LogP contribution in [0, 0.1) is 27.7 Å². The Kier molecular flexibility index (Phi) is 2.60. The number of nitrogens with zero attached hydrogens (tertiary/aromatic N) is 4. The van der Waals surface area contributed by atoms with Crippen LogP contribution >= 0.6 is 0 Å². The van der Waals surface area contributed by atoms with E-state index in [-0.39, 0.29) is 0 Å². The normalized spacial score (nSPS) is 11.6. The summed E-state index contributed by atoms with van der Waals surface area (Å²) in [6, 6.07) is 8.11. The zero-order valence-electron chi connectivity index (χ0n) is 13.0. The lowest BCUT2D eigenvalue weighted by atomic mass is 10.2. The van der Waals surface area contributed by atoms with Crippen molar-refractivity contribution in [3.63, 3.8) is 0 Å². The standard InChI is InChI=1S/C17H16N4O/c1-9-15(12(4)22-20-9)17-19-11(3)16-10(2)18-13-7-5-6-8-14(13)21(16)17/h5-8H,1-4H3. The molecule has 0 spiro atoms. The average molecular weight is 292 g/mol. The van der Waals surface area contributed by atoms with Gasteiger partial charge < -0.3 is 4.52 Å². The van der Waals surface area contributed by atoms with E-state index < -0.39 is 0 Å². The fourth-order valence-electron chi connectivity index (χ4n) is 3.14. The maximum Gasteiger partial charge on any atom is 0.150 e. The first-order valence-electron chi connectivity index (χ1n) is 7.25. The minimum Gasteiger partial charge on any atom is -0.361 e. The van der Waals surface area contributed by atoms with Gasteiger partial charge in [-0.15, -0.1) is 0 Å². The number of rotatable bonds is 1.